The molecule has 2 aromatic rings. The van der Waals surface area contributed by atoms with Gasteiger partial charge in [0.1, 0.15) is 0 Å². The van der Waals surface area contributed by atoms with Crippen molar-refractivity contribution in [2.24, 2.45) is 0 Å². The Morgan fingerprint density at radius 1 is 1.20 bits per heavy atom. The Labute approximate surface area is 119 Å². The van der Waals surface area contributed by atoms with Gasteiger partial charge < -0.3 is 10.1 Å². The van der Waals surface area contributed by atoms with Crippen molar-refractivity contribution in [3.63, 3.8) is 0 Å². The molecule has 1 heterocycles. The van der Waals surface area contributed by atoms with Crippen molar-refractivity contribution in [2.45, 2.75) is 20.0 Å². The molecule has 0 amide bonds. The van der Waals surface area contributed by atoms with E-state index in [0.29, 0.717) is 0 Å². The molecule has 1 N–H and O–H groups in total. The molecule has 0 radical (unpaired) electrons. The summed E-state index contributed by atoms with van der Waals surface area (Å²) < 4.78 is 31.9. The highest BCUT2D eigenvalue weighted by molar-refractivity contribution is 6.28. The van der Waals surface area contributed by atoms with Crippen LogP contribution in [-0.2, 0) is 0 Å². The van der Waals surface area contributed by atoms with Crippen molar-refractivity contribution in [3.05, 3.63) is 35.1 Å². The lowest BCUT2D eigenvalue weighted by Crippen LogP contribution is -2.10. The summed E-state index contributed by atoms with van der Waals surface area (Å²) in [5.41, 5.74) is -0.109. The predicted molar refractivity (Wildman–Crippen MR) is 70.2 cm³/mol. The number of nitrogens with one attached hydrogen (secondary N) is 1. The number of ether oxygens (including phenoxy) is 1. The molecule has 0 atom stereocenters. The van der Waals surface area contributed by atoms with Gasteiger partial charge in [0.2, 0.25) is 11.2 Å². The Kier molecular flexibility index (Phi) is 4.29. The zero-order chi connectivity index (χ0) is 14.7. The van der Waals surface area contributed by atoms with Crippen LogP contribution in [0.5, 0.6) is 6.01 Å². The number of halogens is 3. The molecule has 0 saturated heterocycles. The molecule has 0 spiro atoms. The number of anilines is 2. The van der Waals surface area contributed by atoms with Gasteiger partial charge in [-0.3, -0.25) is 0 Å². The van der Waals surface area contributed by atoms with E-state index in [1.807, 2.05) is 0 Å². The normalized spacial score (nSPS) is 10.7. The predicted octanol–water partition coefficient (Wildman–Crippen LogP) is 3.33. The Morgan fingerprint density at radius 3 is 2.65 bits per heavy atom. The average Bonchev–Trinajstić information content (AvgIpc) is 2.33. The maximum atomic E-state index is 13.5. The van der Waals surface area contributed by atoms with Crippen molar-refractivity contribution in [1.29, 1.82) is 0 Å². The lowest BCUT2D eigenvalue weighted by atomic mass is 10.3. The van der Waals surface area contributed by atoms with Crippen molar-refractivity contribution >= 4 is 23.2 Å². The lowest BCUT2D eigenvalue weighted by Gasteiger charge is -2.10. The van der Waals surface area contributed by atoms with Crippen molar-refractivity contribution < 1.29 is 13.5 Å². The number of aromatic nitrogens is 3. The fraction of sp³-hybridized carbons (Fsp3) is 0.250. The van der Waals surface area contributed by atoms with E-state index in [4.69, 9.17) is 16.3 Å². The number of hydrogen-bond acceptors (Lipinski definition) is 5. The minimum absolute atomic E-state index is 0.000638. The third-order valence-electron chi connectivity index (χ3n) is 2.13. The summed E-state index contributed by atoms with van der Waals surface area (Å²) in [5, 5.41) is 2.41. The van der Waals surface area contributed by atoms with Gasteiger partial charge in [0.25, 0.3) is 0 Å². The molecule has 1 aromatic heterocycles. The number of hydrogen-bond donors (Lipinski definition) is 1. The Balaban J connectivity index is 2.29. The highest BCUT2D eigenvalue weighted by atomic mass is 35.5. The molecule has 1 aromatic carbocycles. The molecule has 0 bridgehead atoms. The first-order chi connectivity index (χ1) is 9.45. The minimum atomic E-state index is -1.03. The summed E-state index contributed by atoms with van der Waals surface area (Å²) >= 11 is 5.72. The van der Waals surface area contributed by atoms with Crippen LogP contribution < -0.4 is 10.1 Å². The van der Waals surface area contributed by atoms with Crippen LogP contribution in [0.1, 0.15) is 13.8 Å². The van der Waals surface area contributed by atoms with E-state index >= 15 is 0 Å². The standard InChI is InChI=1S/C12H11ClF2N4O/c1-6(2)20-12-18-10(13)17-11(19-12)16-8-5-3-4-7(14)9(8)15/h3-6H,1-2H3,(H,16,17,18,19). The monoisotopic (exact) mass is 300 g/mol. The van der Waals surface area contributed by atoms with Gasteiger partial charge in [0.05, 0.1) is 11.8 Å². The van der Waals surface area contributed by atoms with E-state index in [0.717, 1.165) is 6.07 Å². The molecule has 106 valence electrons. The Bertz CT molecular complexity index is 624. The second kappa shape index (κ2) is 5.96. The molecule has 0 saturated carbocycles. The molecule has 0 aliphatic rings. The van der Waals surface area contributed by atoms with Crippen LogP contribution in [0.25, 0.3) is 0 Å². The first kappa shape index (κ1) is 14.4. The minimum Gasteiger partial charge on any atom is -0.461 e. The Hall–Kier alpha value is -2.02. The first-order valence-corrected chi connectivity index (χ1v) is 6.13. The van der Waals surface area contributed by atoms with Crippen LogP contribution in [-0.4, -0.2) is 21.1 Å². The average molecular weight is 301 g/mol. The van der Waals surface area contributed by atoms with Gasteiger partial charge >= 0.3 is 6.01 Å². The molecular weight excluding hydrogens is 290 g/mol. The van der Waals surface area contributed by atoms with Gasteiger partial charge in [0.15, 0.2) is 11.6 Å². The Morgan fingerprint density at radius 2 is 1.95 bits per heavy atom. The van der Waals surface area contributed by atoms with E-state index in [2.05, 4.69) is 20.3 Å². The van der Waals surface area contributed by atoms with Gasteiger partial charge in [-0.1, -0.05) is 6.07 Å². The lowest BCUT2D eigenvalue weighted by molar-refractivity contribution is 0.222. The van der Waals surface area contributed by atoms with Crippen LogP contribution >= 0.6 is 11.6 Å². The SMILES string of the molecule is CC(C)Oc1nc(Cl)nc(Nc2cccc(F)c2F)n1. The molecule has 8 heteroatoms. The maximum absolute atomic E-state index is 13.5. The maximum Gasteiger partial charge on any atom is 0.322 e. The summed E-state index contributed by atoms with van der Waals surface area (Å²) in [7, 11) is 0. The zero-order valence-corrected chi connectivity index (χ0v) is 11.4. The third-order valence-corrected chi connectivity index (χ3v) is 2.30. The fourth-order valence-corrected chi connectivity index (χ4v) is 1.52. The van der Waals surface area contributed by atoms with Gasteiger partial charge in [-0.15, -0.1) is 0 Å². The van der Waals surface area contributed by atoms with E-state index in [1.165, 1.54) is 12.1 Å². The van der Waals surface area contributed by atoms with Crippen molar-refractivity contribution in [1.82, 2.24) is 15.0 Å². The fourth-order valence-electron chi connectivity index (χ4n) is 1.37. The van der Waals surface area contributed by atoms with Crippen LogP contribution in [0.2, 0.25) is 5.28 Å². The topological polar surface area (TPSA) is 59.9 Å². The van der Waals surface area contributed by atoms with Crippen LogP contribution in [0.4, 0.5) is 20.4 Å². The van der Waals surface area contributed by atoms with Gasteiger partial charge in [0, 0.05) is 0 Å². The molecule has 0 aliphatic heterocycles. The smallest absolute Gasteiger partial charge is 0.322 e. The summed E-state index contributed by atoms with van der Waals surface area (Å²) in [6.45, 7) is 3.58. The number of rotatable bonds is 4. The molecule has 5 nitrogen and oxygen atoms in total. The van der Waals surface area contributed by atoms with Gasteiger partial charge in [-0.05, 0) is 37.6 Å². The molecule has 0 fully saturated rings. The van der Waals surface area contributed by atoms with Gasteiger partial charge in [-0.25, -0.2) is 8.78 Å². The number of nitrogens with zero attached hydrogens (tertiary/aromatic N) is 3. The summed E-state index contributed by atoms with van der Waals surface area (Å²) in [4.78, 5) is 11.4. The highest BCUT2D eigenvalue weighted by Gasteiger charge is 2.12. The molecule has 20 heavy (non-hydrogen) atoms. The van der Waals surface area contributed by atoms with E-state index in [9.17, 15) is 8.78 Å². The number of benzene rings is 1. The van der Waals surface area contributed by atoms with Gasteiger partial charge in [-0.2, -0.15) is 15.0 Å². The molecule has 2 rings (SSSR count). The second-order valence-electron chi connectivity index (χ2n) is 4.10. The quantitative estimate of drug-likeness (QED) is 0.938. The van der Waals surface area contributed by atoms with Crippen molar-refractivity contribution in [3.8, 4) is 6.01 Å². The molecule has 0 unspecified atom stereocenters. The summed E-state index contributed by atoms with van der Waals surface area (Å²) in [5.74, 6) is -2.05. The second-order valence-corrected chi connectivity index (χ2v) is 4.44. The first-order valence-electron chi connectivity index (χ1n) is 5.75. The van der Waals surface area contributed by atoms with E-state index in [-0.39, 0.29) is 29.0 Å². The van der Waals surface area contributed by atoms with E-state index < -0.39 is 11.6 Å². The van der Waals surface area contributed by atoms with Crippen LogP contribution in [0.15, 0.2) is 18.2 Å². The third kappa shape index (κ3) is 3.51. The molecular formula is C12H11ClF2N4O. The van der Waals surface area contributed by atoms with Crippen LogP contribution in [0.3, 0.4) is 0 Å². The highest BCUT2D eigenvalue weighted by Crippen LogP contribution is 2.21. The summed E-state index contributed by atoms with van der Waals surface area (Å²) in [6.07, 6.45) is -0.160. The zero-order valence-electron chi connectivity index (χ0n) is 10.7. The summed E-state index contributed by atoms with van der Waals surface area (Å²) in [6, 6.07) is 3.71. The van der Waals surface area contributed by atoms with E-state index in [1.54, 1.807) is 13.8 Å². The van der Waals surface area contributed by atoms with Crippen LogP contribution in [0, 0.1) is 11.6 Å². The largest absolute Gasteiger partial charge is 0.461 e. The molecule has 0 aliphatic carbocycles. The van der Waals surface area contributed by atoms with Crippen molar-refractivity contribution in [2.75, 3.05) is 5.32 Å².